The van der Waals surface area contributed by atoms with E-state index in [2.05, 4.69) is 27.5 Å². The van der Waals surface area contributed by atoms with E-state index >= 15 is 0 Å². The van der Waals surface area contributed by atoms with Crippen LogP contribution in [0.3, 0.4) is 0 Å². The molecule has 0 spiro atoms. The van der Waals surface area contributed by atoms with E-state index in [-0.39, 0.29) is 19.2 Å². The van der Waals surface area contributed by atoms with Gasteiger partial charge < -0.3 is 15.4 Å². The number of rotatable bonds is 5. The minimum absolute atomic E-state index is 0.249. The number of benzene rings is 1. The molecule has 0 fully saturated rings. The van der Waals surface area contributed by atoms with Gasteiger partial charge in [-0.1, -0.05) is 35.6 Å². The predicted octanol–water partition coefficient (Wildman–Crippen LogP) is 2.93. The zero-order valence-electron chi connectivity index (χ0n) is 13.3. The van der Waals surface area contributed by atoms with Crippen molar-refractivity contribution in [3.8, 4) is 17.6 Å². The molecule has 0 radical (unpaired) electrons. The molecule has 2 amide bonds. The molecule has 2 aromatic rings. The third-order valence-corrected chi connectivity index (χ3v) is 3.28. The van der Waals surface area contributed by atoms with Crippen molar-refractivity contribution in [1.82, 2.24) is 15.6 Å². The van der Waals surface area contributed by atoms with Crippen molar-refractivity contribution in [3.63, 3.8) is 0 Å². The van der Waals surface area contributed by atoms with Crippen LogP contribution in [0.4, 0.5) is 4.79 Å². The first-order valence-corrected chi connectivity index (χ1v) is 7.78. The highest BCUT2D eigenvalue weighted by Crippen LogP contribution is 2.09. The van der Waals surface area contributed by atoms with Crippen molar-refractivity contribution in [2.24, 2.45) is 0 Å². The molecule has 5 nitrogen and oxygen atoms in total. The van der Waals surface area contributed by atoms with Gasteiger partial charge >= 0.3 is 6.03 Å². The zero-order valence-corrected chi connectivity index (χ0v) is 14.1. The highest BCUT2D eigenvalue weighted by atomic mass is 35.5. The molecule has 2 N–H and O–H groups in total. The van der Waals surface area contributed by atoms with Crippen LogP contribution in [-0.2, 0) is 6.54 Å². The first-order valence-electron chi connectivity index (χ1n) is 7.41. The molecular formula is C18H18ClN3O2. The summed E-state index contributed by atoms with van der Waals surface area (Å²) in [7, 11) is 0. The van der Waals surface area contributed by atoms with Crippen LogP contribution in [0.2, 0.25) is 5.02 Å². The van der Waals surface area contributed by atoms with Gasteiger partial charge in [-0.3, -0.25) is 4.98 Å². The molecule has 1 aromatic carbocycles. The molecule has 0 unspecified atom stereocenters. The number of pyridine rings is 1. The standard InChI is InChI=1S/C18H18ClN3O2/c1-14-4-9-17(13-21-14)24-11-3-2-10-20-18(23)22-12-15-5-7-16(19)8-6-15/h4-9,13H,10-12H2,1H3,(H2,20,22,23). The predicted molar refractivity (Wildman–Crippen MR) is 93.9 cm³/mol. The quantitative estimate of drug-likeness (QED) is 0.820. The van der Waals surface area contributed by atoms with Gasteiger partial charge in [0.1, 0.15) is 12.4 Å². The molecule has 0 atom stereocenters. The molecule has 2 rings (SSSR count). The van der Waals surface area contributed by atoms with Crippen LogP contribution in [-0.4, -0.2) is 24.2 Å². The van der Waals surface area contributed by atoms with Crippen LogP contribution in [0.5, 0.6) is 5.75 Å². The molecule has 0 aliphatic carbocycles. The molecule has 1 aromatic heterocycles. The van der Waals surface area contributed by atoms with Gasteiger partial charge in [0.25, 0.3) is 0 Å². The van der Waals surface area contributed by atoms with Crippen molar-refractivity contribution < 1.29 is 9.53 Å². The van der Waals surface area contributed by atoms with E-state index in [4.69, 9.17) is 16.3 Å². The largest absolute Gasteiger partial charge is 0.479 e. The summed E-state index contributed by atoms with van der Waals surface area (Å²) >= 11 is 5.80. The number of hydrogen-bond acceptors (Lipinski definition) is 3. The first kappa shape index (κ1) is 17.6. The van der Waals surface area contributed by atoms with Crippen LogP contribution in [0.15, 0.2) is 42.6 Å². The Balaban J connectivity index is 1.60. The lowest BCUT2D eigenvalue weighted by atomic mass is 10.2. The van der Waals surface area contributed by atoms with Crippen LogP contribution in [0, 0.1) is 18.8 Å². The number of urea groups is 1. The minimum atomic E-state index is -0.275. The fourth-order valence-corrected chi connectivity index (χ4v) is 1.87. The SMILES string of the molecule is Cc1ccc(OCC#CCNC(=O)NCc2ccc(Cl)cc2)cn1. The van der Waals surface area contributed by atoms with Crippen molar-refractivity contribution in [1.29, 1.82) is 0 Å². The summed E-state index contributed by atoms with van der Waals surface area (Å²) < 4.78 is 5.41. The Morgan fingerprint density at radius 2 is 1.96 bits per heavy atom. The molecule has 1 heterocycles. The summed E-state index contributed by atoms with van der Waals surface area (Å²) in [6.07, 6.45) is 1.65. The zero-order chi connectivity index (χ0) is 17.2. The average molecular weight is 344 g/mol. The van der Waals surface area contributed by atoms with Crippen LogP contribution in [0.25, 0.3) is 0 Å². The van der Waals surface area contributed by atoms with Gasteiger partial charge in [0.2, 0.25) is 0 Å². The van der Waals surface area contributed by atoms with Crippen LogP contribution < -0.4 is 15.4 Å². The van der Waals surface area contributed by atoms with Gasteiger partial charge in [0, 0.05) is 17.3 Å². The number of ether oxygens (including phenoxy) is 1. The van der Waals surface area contributed by atoms with Crippen molar-refractivity contribution in [3.05, 3.63) is 58.9 Å². The molecule has 0 bridgehead atoms. The Morgan fingerprint density at radius 3 is 2.67 bits per heavy atom. The Kier molecular flexibility index (Phi) is 6.93. The maximum Gasteiger partial charge on any atom is 0.315 e. The van der Waals surface area contributed by atoms with E-state index < -0.39 is 0 Å². The molecule has 24 heavy (non-hydrogen) atoms. The van der Waals surface area contributed by atoms with E-state index in [1.807, 2.05) is 31.2 Å². The molecule has 0 saturated carbocycles. The first-order chi connectivity index (χ1) is 11.6. The fourth-order valence-electron chi connectivity index (χ4n) is 1.74. The number of nitrogens with one attached hydrogen (secondary N) is 2. The number of halogens is 1. The lowest BCUT2D eigenvalue weighted by molar-refractivity contribution is 0.241. The molecule has 0 saturated heterocycles. The van der Waals surface area contributed by atoms with Gasteiger partial charge in [-0.2, -0.15) is 0 Å². The number of amides is 2. The van der Waals surface area contributed by atoms with Crippen LogP contribution in [0.1, 0.15) is 11.3 Å². The molecule has 0 aliphatic heterocycles. The van der Waals surface area contributed by atoms with Crippen molar-refractivity contribution >= 4 is 17.6 Å². The molecule has 6 heteroatoms. The maximum absolute atomic E-state index is 11.6. The molecule has 124 valence electrons. The second-order valence-electron chi connectivity index (χ2n) is 4.94. The lowest BCUT2D eigenvalue weighted by Gasteiger charge is -2.05. The summed E-state index contributed by atoms with van der Waals surface area (Å²) in [4.78, 5) is 15.7. The molecule has 0 aliphatic rings. The van der Waals surface area contributed by atoms with Gasteiger partial charge in [0.05, 0.1) is 12.7 Å². The van der Waals surface area contributed by atoms with E-state index in [0.717, 1.165) is 11.3 Å². The number of hydrogen-bond donors (Lipinski definition) is 2. The average Bonchev–Trinajstić information content (AvgIpc) is 2.59. The second-order valence-corrected chi connectivity index (χ2v) is 5.38. The van der Waals surface area contributed by atoms with Gasteiger partial charge in [-0.05, 0) is 36.8 Å². The summed E-state index contributed by atoms with van der Waals surface area (Å²) in [5.41, 5.74) is 1.91. The number of aryl methyl sites for hydroxylation is 1. The van der Waals surface area contributed by atoms with Gasteiger partial charge in [0.15, 0.2) is 0 Å². The normalized spacial score (nSPS) is 9.58. The lowest BCUT2D eigenvalue weighted by Crippen LogP contribution is -2.35. The third-order valence-electron chi connectivity index (χ3n) is 3.02. The Hall–Kier alpha value is -2.71. The second kappa shape index (κ2) is 9.43. The number of aromatic nitrogens is 1. The monoisotopic (exact) mass is 343 g/mol. The Labute approximate surface area is 146 Å². The van der Waals surface area contributed by atoms with Crippen LogP contribution >= 0.6 is 11.6 Å². The number of carbonyl (C=O) groups is 1. The van der Waals surface area contributed by atoms with E-state index in [1.54, 1.807) is 18.3 Å². The Morgan fingerprint density at radius 1 is 1.17 bits per heavy atom. The van der Waals surface area contributed by atoms with Crippen molar-refractivity contribution in [2.75, 3.05) is 13.2 Å². The highest BCUT2D eigenvalue weighted by Gasteiger charge is 1.98. The highest BCUT2D eigenvalue weighted by molar-refractivity contribution is 6.30. The molecular weight excluding hydrogens is 326 g/mol. The van der Waals surface area contributed by atoms with Crippen molar-refractivity contribution in [2.45, 2.75) is 13.5 Å². The summed E-state index contributed by atoms with van der Waals surface area (Å²) in [5.74, 6) is 6.32. The van der Waals surface area contributed by atoms with Gasteiger partial charge in [-0.15, -0.1) is 0 Å². The Bertz CT molecular complexity index is 719. The van der Waals surface area contributed by atoms with E-state index in [0.29, 0.717) is 17.3 Å². The topological polar surface area (TPSA) is 63.2 Å². The maximum atomic E-state index is 11.6. The minimum Gasteiger partial charge on any atom is -0.479 e. The summed E-state index contributed by atoms with van der Waals surface area (Å²) in [6.45, 7) is 2.84. The third kappa shape index (κ3) is 6.59. The summed E-state index contributed by atoms with van der Waals surface area (Å²) in [6, 6.07) is 10.7. The summed E-state index contributed by atoms with van der Waals surface area (Å²) in [5, 5.41) is 6.06. The van der Waals surface area contributed by atoms with E-state index in [1.165, 1.54) is 0 Å². The number of nitrogens with zero attached hydrogens (tertiary/aromatic N) is 1. The fraction of sp³-hybridized carbons (Fsp3) is 0.222. The smallest absolute Gasteiger partial charge is 0.315 e. The van der Waals surface area contributed by atoms with Gasteiger partial charge in [-0.25, -0.2) is 4.79 Å². The van der Waals surface area contributed by atoms with E-state index in [9.17, 15) is 4.79 Å². The number of carbonyl (C=O) groups excluding carboxylic acids is 1.